The van der Waals surface area contributed by atoms with Crippen LogP contribution in [0.5, 0.6) is 0 Å². The number of nitrogens with one attached hydrogen (secondary N) is 1. The lowest BCUT2D eigenvalue weighted by Crippen LogP contribution is -2.28. The number of aryl methyl sites for hydroxylation is 1. The molecule has 1 rings (SSSR count). The van der Waals surface area contributed by atoms with Crippen molar-refractivity contribution < 1.29 is 8.42 Å². The highest BCUT2D eigenvalue weighted by atomic mass is 32.2. The molecule has 0 fully saturated rings. The summed E-state index contributed by atoms with van der Waals surface area (Å²) in [5, 5.41) is 3.25. The second kappa shape index (κ2) is 6.90. The third-order valence-electron chi connectivity index (χ3n) is 3.10. The van der Waals surface area contributed by atoms with Gasteiger partial charge in [0, 0.05) is 11.8 Å². The molecule has 1 aromatic carbocycles. The highest BCUT2D eigenvalue weighted by molar-refractivity contribution is 7.91. The molecule has 0 spiro atoms. The van der Waals surface area contributed by atoms with Crippen LogP contribution >= 0.6 is 0 Å². The summed E-state index contributed by atoms with van der Waals surface area (Å²) in [5.41, 5.74) is 2.32. The Morgan fingerprint density at radius 2 is 1.72 bits per heavy atom. The molecule has 1 atom stereocenters. The average molecular weight is 269 g/mol. The van der Waals surface area contributed by atoms with Gasteiger partial charge in [0.05, 0.1) is 5.75 Å². The van der Waals surface area contributed by atoms with Gasteiger partial charge in [-0.05, 0) is 24.1 Å². The Kier molecular flexibility index (Phi) is 5.82. The smallest absolute Gasteiger partial charge is 0.151 e. The first kappa shape index (κ1) is 15.2. The fraction of sp³-hybridized carbons (Fsp3) is 0.571. The zero-order chi connectivity index (χ0) is 13.6. The molecule has 4 heteroatoms. The summed E-state index contributed by atoms with van der Waals surface area (Å²) in [6.07, 6.45) is 0.999. The summed E-state index contributed by atoms with van der Waals surface area (Å²) in [6, 6.07) is 8.08. The summed E-state index contributed by atoms with van der Waals surface area (Å²) in [6.45, 7) is 6.56. The molecule has 3 nitrogen and oxygen atoms in total. The molecular formula is C14H23NO2S. The van der Waals surface area contributed by atoms with Gasteiger partial charge in [-0.2, -0.15) is 0 Å². The quantitative estimate of drug-likeness (QED) is 0.826. The van der Waals surface area contributed by atoms with Crippen LogP contribution < -0.4 is 5.32 Å². The molecule has 1 unspecified atom stereocenters. The van der Waals surface area contributed by atoms with Crippen LogP contribution in [0.1, 0.15) is 37.9 Å². The lowest BCUT2D eigenvalue weighted by Gasteiger charge is -2.18. The van der Waals surface area contributed by atoms with Crippen LogP contribution in [0.2, 0.25) is 0 Å². The Hall–Kier alpha value is -0.870. The highest BCUT2D eigenvalue weighted by Gasteiger charge is 2.18. The van der Waals surface area contributed by atoms with Crippen molar-refractivity contribution in [1.29, 1.82) is 0 Å². The largest absolute Gasteiger partial charge is 0.309 e. The molecule has 102 valence electrons. The maximum Gasteiger partial charge on any atom is 0.151 e. The van der Waals surface area contributed by atoms with Crippen molar-refractivity contribution in [3.63, 3.8) is 0 Å². The summed E-state index contributed by atoms with van der Waals surface area (Å²) < 4.78 is 23.5. The minimum atomic E-state index is -2.97. The van der Waals surface area contributed by atoms with E-state index in [1.54, 1.807) is 6.92 Å². The van der Waals surface area contributed by atoms with Gasteiger partial charge in [-0.25, -0.2) is 8.42 Å². The lowest BCUT2D eigenvalue weighted by molar-refractivity contribution is 0.560. The molecule has 0 heterocycles. The van der Waals surface area contributed by atoms with E-state index >= 15 is 0 Å². The number of hydrogen-bond donors (Lipinski definition) is 1. The van der Waals surface area contributed by atoms with Crippen LogP contribution in [0, 0.1) is 0 Å². The Morgan fingerprint density at radius 1 is 1.11 bits per heavy atom. The maximum atomic E-state index is 11.7. The molecule has 1 N–H and O–H groups in total. The molecule has 0 saturated carbocycles. The van der Waals surface area contributed by atoms with E-state index in [1.807, 2.05) is 19.1 Å². The van der Waals surface area contributed by atoms with Crippen LogP contribution in [-0.2, 0) is 16.3 Å². The van der Waals surface area contributed by atoms with Crippen LogP contribution in [0.4, 0.5) is 0 Å². The fourth-order valence-electron chi connectivity index (χ4n) is 1.88. The van der Waals surface area contributed by atoms with E-state index in [1.165, 1.54) is 5.56 Å². The van der Waals surface area contributed by atoms with Crippen LogP contribution in [-0.4, -0.2) is 26.5 Å². The maximum absolute atomic E-state index is 11.7. The minimum Gasteiger partial charge on any atom is -0.309 e. The third kappa shape index (κ3) is 4.42. The van der Waals surface area contributed by atoms with E-state index in [2.05, 4.69) is 24.4 Å². The van der Waals surface area contributed by atoms with Crippen molar-refractivity contribution in [2.75, 3.05) is 18.1 Å². The van der Waals surface area contributed by atoms with E-state index in [-0.39, 0.29) is 17.5 Å². The van der Waals surface area contributed by atoms with E-state index in [0.717, 1.165) is 18.5 Å². The summed E-state index contributed by atoms with van der Waals surface area (Å²) in [7, 11) is -2.97. The molecule has 0 amide bonds. The number of rotatable bonds is 7. The Morgan fingerprint density at radius 3 is 2.17 bits per heavy atom. The zero-order valence-electron chi connectivity index (χ0n) is 11.4. The van der Waals surface area contributed by atoms with Gasteiger partial charge in [0.25, 0.3) is 0 Å². The summed E-state index contributed by atoms with van der Waals surface area (Å²) >= 11 is 0. The Balaban J connectivity index is 2.89. The predicted octanol–water partition coefficient (Wildman–Crippen LogP) is 2.33. The normalized spacial score (nSPS) is 13.5. The summed E-state index contributed by atoms with van der Waals surface area (Å²) in [4.78, 5) is 0. The van der Waals surface area contributed by atoms with E-state index in [0.29, 0.717) is 0 Å². The van der Waals surface area contributed by atoms with Crippen molar-refractivity contribution in [2.24, 2.45) is 0 Å². The Labute approximate surface area is 111 Å². The minimum absolute atomic E-state index is 0.106. The second-order valence-electron chi connectivity index (χ2n) is 4.40. The van der Waals surface area contributed by atoms with Gasteiger partial charge in [0.15, 0.2) is 9.84 Å². The van der Waals surface area contributed by atoms with Crippen LogP contribution in [0.15, 0.2) is 24.3 Å². The number of benzene rings is 1. The third-order valence-corrected chi connectivity index (χ3v) is 4.82. The van der Waals surface area contributed by atoms with Gasteiger partial charge in [0.1, 0.15) is 0 Å². The first-order valence-electron chi connectivity index (χ1n) is 6.55. The van der Waals surface area contributed by atoms with Gasteiger partial charge in [-0.3, -0.25) is 0 Å². The molecule has 0 radical (unpaired) electrons. The topological polar surface area (TPSA) is 46.2 Å². The standard InChI is InChI=1S/C14H23NO2S/c1-4-12-7-9-13(10-8-12)14(15-5-2)11-18(16,17)6-3/h7-10,14-15H,4-6,11H2,1-3H3. The zero-order valence-corrected chi connectivity index (χ0v) is 12.3. The fourth-order valence-corrected chi connectivity index (χ4v) is 2.93. The molecule has 0 aromatic heterocycles. The molecule has 1 aromatic rings. The SMILES string of the molecule is CCNC(CS(=O)(=O)CC)c1ccc(CC)cc1. The number of hydrogen-bond acceptors (Lipinski definition) is 3. The van der Waals surface area contributed by atoms with Crippen molar-refractivity contribution in [3.8, 4) is 0 Å². The lowest BCUT2D eigenvalue weighted by atomic mass is 10.1. The molecular weight excluding hydrogens is 246 g/mol. The monoisotopic (exact) mass is 269 g/mol. The molecule has 0 aliphatic heterocycles. The molecule has 18 heavy (non-hydrogen) atoms. The van der Waals surface area contributed by atoms with Gasteiger partial charge in [-0.1, -0.05) is 45.0 Å². The second-order valence-corrected chi connectivity index (χ2v) is 6.80. The first-order valence-corrected chi connectivity index (χ1v) is 8.37. The van der Waals surface area contributed by atoms with Gasteiger partial charge >= 0.3 is 0 Å². The Bertz CT molecular complexity index is 451. The number of sulfone groups is 1. The molecule has 0 aliphatic rings. The highest BCUT2D eigenvalue weighted by Crippen LogP contribution is 2.16. The summed E-state index contributed by atoms with van der Waals surface area (Å²) in [5.74, 6) is 0.366. The molecule has 0 aliphatic carbocycles. The molecule has 0 bridgehead atoms. The van der Waals surface area contributed by atoms with Gasteiger partial charge in [-0.15, -0.1) is 0 Å². The van der Waals surface area contributed by atoms with Crippen molar-refractivity contribution in [1.82, 2.24) is 5.32 Å². The van der Waals surface area contributed by atoms with Crippen molar-refractivity contribution in [3.05, 3.63) is 35.4 Å². The van der Waals surface area contributed by atoms with Crippen LogP contribution in [0.3, 0.4) is 0 Å². The van der Waals surface area contributed by atoms with Crippen molar-refractivity contribution >= 4 is 9.84 Å². The van der Waals surface area contributed by atoms with E-state index < -0.39 is 9.84 Å². The van der Waals surface area contributed by atoms with Gasteiger partial charge < -0.3 is 5.32 Å². The average Bonchev–Trinajstić information content (AvgIpc) is 2.38. The van der Waals surface area contributed by atoms with Crippen molar-refractivity contribution in [2.45, 2.75) is 33.2 Å². The first-order chi connectivity index (χ1) is 8.52. The predicted molar refractivity (Wildman–Crippen MR) is 76.6 cm³/mol. The van der Waals surface area contributed by atoms with Crippen LogP contribution in [0.25, 0.3) is 0 Å². The molecule has 0 saturated heterocycles. The van der Waals surface area contributed by atoms with E-state index in [9.17, 15) is 8.42 Å². The van der Waals surface area contributed by atoms with Gasteiger partial charge in [0.2, 0.25) is 0 Å². The van der Waals surface area contributed by atoms with E-state index in [4.69, 9.17) is 0 Å².